The van der Waals surface area contributed by atoms with Crippen LogP contribution in [0.2, 0.25) is 0 Å². The molecule has 1 aromatic heterocycles. The first kappa shape index (κ1) is 24.1. The molecule has 1 aliphatic rings. The molecule has 0 fully saturated rings. The molecule has 0 aliphatic carbocycles. The number of phenols is 3. The van der Waals surface area contributed by atoms with E-state index < -0.39 is 40.3 Å². The van der Waals surface area contributed by atoms with Gasteiger partial charge in [0.15, 0.2) is 17.3 Å². The highest BCUT2D eigenvalue weighted by Crippen LogP contribution is 2.47. The molecular weight excluding hydrogens is 480 g/mol. The average Bonchev–Trinajstić information content (AvgIpc) is 2.85. The van der Waals surface area contributed by atoms with Gasteiger partial charge in [0.1, 0.15) is 28.2 Å². The third-order valence-electron chi connectivity index (χ3n) is 6.15. The van der Waals surface area contributed by atoms with Gasteiger partial charge < -0.3 is 34.3 Å². The number of carbonyl (C=O) groups excluding carboxylic acids is 1. The van der Waals surface area contributed by atoms with E-state index in [0.717, 1.165) is 12.1 Å². The molecule has 3 aromatic carbocycles. The highest BCUT2D eigenvalue weighted by molar-refractivity contribution is 5.94. The van der Waals surface area contributed by atoms with Crippen LogP contribution in [0.25, 0.3) is 22.3 Å². The van der Waals surface area contributed by atoms with E-state index in [0.29, 0.717) is 29.4 Å². The van der Waals surface area contributed by atoms with Gasteiger partial charge in [-0.3, -0.25) is 9.59 Å². The minimum atomic E-state index is -0.909. The molecular formula is C28H24O9. The maximum absolute atomic E-state index is 13.2. The van der Waals surface area contributed by atoms with Crippen molar-refractivity contribution in [1.82, 2.24) is 0 Å². The minimum Gasteiger partial charge on any atom is -0.507 e. The Morgan fingerprint density at radius 1 is 0.973 bits per heavy atom. The maximum atomic E-state index is 13.2. The molecule has 0 spiro atoms. The lowest BCUT2D eigenvalue weighted by atomic mass is 9.85. The second kappa shape index (κ2) is 9.09. The summed E-state index contributed by atoms with van der Waals surface area (Å²) in [5.41, 5.74) is 0.165. The molecule has 190 valence electrons. The zero-order chi connectivity index (χ0) is 26.4. The zero-order valence-corrected chi connectivity index (χ0v) is 20.0. The van der Waals surface area contributed by atoms with Gasteiger partial charge in [0.05, 0.1) is 13.0 Å². The van der Waals surface area contributed by atoms with Crippen LogP contribution in [0.1, 0.15) is 37.3 Å². The van der Waals surface area contributed by atoms with E-state index in [1.165, 1.54) is 12.1 Å². The van der Waals surface area contributed by atoms with E-state index >= 15 is 0 Å². The summed E-state index contributed by atoms with van der Waals surface area (Å²) in [5, 5.41) is 40.6. The number of carbonyl (C=O) groups is 1. The minimum absolute atomic E-state index is 0.0214. The molecule has 9 nitrogen and oxygen atoms in total. The normalized spacial score (nSPS) is 15.0. The maximum Gasteiger partial charge on any atom is 0.312 e. The van der Waals surface area contributed by atoms with Gasteiger partial charge in [-0.05, 0) is 41.8 Å². The molecule has 0 amide bonds. The van der Waals surface area contributed by atoms with Crippen molar-refractivity contribution in [1.29, 1.82) is 0 Å². The van der Waals surface area contributed by atoms with E-state index in [1.54, 1.807) is 18.2 Å². The Labute approximate surface area is 210 Å². The predicted molar refractivity (Wildman–Crippen MR) is 133 cm³/mol. The molecule has 1 aliphatic heterocycles. The topological polar surface area (TPSA) is 147 Å². The number of phenolic OH excluding ortho intramolecular Hbond substituents is 3. The summed E-state index contributed by atoms with van der Waals surface area (Å²) in [7, 11) is 0. The van der Waals surface area contributed by atoms with Gasteiger partial charge in [-0.25, -0.2) is 0 Å². The number of aromatic hydroxyl groups is 4. The Morgan fingerprint density at radius 2 is 1.76 bits per heavy atom. The summed E-state index contributed by atoms with van der Waals surface area (Å²) in [6, 6.07) is 12.0. The van der Waals surface area contributed by atoms with Gasteiger partial charge in [-0.2, -0.15) is 0 Å². The van der Waals surface area contributed by atoms with Crippen LogP contribution in [0.5, 0.6) is 34.5 Å². The molecule has 1 atom stereocenters. The largest absolute Gasteiger partial charge is 0.507 e. The van der Waals surface area contributed by atoms with E-state index in [4.69, 9.17) is 13.9 Å². The van der Waals surface area contributed by atoms with Crippen molar-refractivity contribution in [3.63, 3.8) is 0 Å². The third-order valence-corrected chi connectivity index (χ3v) is 6.15. The van der Waals surface area contributed by atoms with Crippen LogP contribution in [0.4, 0.5) is 0 Å². The number of hydrogen-bond acceptors (Lipinski definition) is 9. The lowest BCUT2D eigenvalue weighted by Crippen LogP contribution is -2.22. The van der Waals surface area contributed by atoms with Crippen LogP contribution >= 0.6 is 0 Å². The van der Waals surface area contributed by atoms with Gasteiger partial charge in [0.2, 0.25) is 11.2 Å². The number of esters is 1. The molecule has 0 unspecified atom stereocenters. The fourth-order valence-corrected chi connectivity index (χ4v) is 4.41. The highest BCUT2D eigenvalue weighted by atomic mass is 16.5. The van der Waals surface area contributed by atoms with Gasteiger partial charge in [0.25, 0.3) is 0 Å². The third kappa shape index (κ3) is 4.29. The smallest absolute Gasteiger partial charge is 0.312 e. The Morgan fingerprint density at radius 3 is 2.49 bits per heavy atom. The number of rotatable bonds is 5. The summed E-state index contributed by atoms with van der Waals surface area (Å²) in [6.45, 7) is 4.55. The van der Waals surface area contributed by atoms with Crippen molar-refractivity contribution in [2.24, 2.45) is 5.92 Å². The molecule has 9 heteroatoms. The quantitative estimate of drug-likeness (QED) is 0.172. The van der Waals surface area contributed by atoms with E-state index in [9.17, 15) is 30.0 Å². The van der Waals surface area contributed by atoms with E-state index in [2.05, 4.69) is 0 Å². The van der Waals surface area contributed by atoms with Crippen molar-refractivity contribution in [2.45, 2.75) is 26.2 Å². The molecule has 5 rings (SSSR count). The molecule has 4 N–H and O–H groups in total. The fourth-order valence-electron chi connectivity index (χ4n) is 4.41. The lowest BCUT2D eigenvalue weighted by molar-refractivity contribution is -0.135. The zero-order valence-electron chi connectivity index (χ0n) is 20.0. The van der Waals surface area contributed by atoms with Crippen molar-refractivity contribution < 1.29 is 39.1 Å². The molecule has 0 saturated carbocycles. The van der Waals surface area contributed by atoms with Crippen LogP contribution < -0.4 is 14.9 Å². The number of fused-ring (bicyclic) bond motifs is 3. The Hall–Kier alpha value is -4.66. The SMILES string of the molecule is CC(C)COc1cccc([C@@H]2CC(=O)Oc3cc(O)c4c(=O)c(O)c(-c5ccc(O)c(O)c5)oc4c32)c1. The molecule has 4 aromatic rings. The standard InChI is InChI=1S/C28H24O9/c1-13(2)12-35-16-5-3-4-14(8-16)17-10-22(32)36-21-11-20(31)24-25(33)26(34)27(37-28(24)23(17)21)15-6-7-18(29)19(30)9-15/h3-9,11,13,17,29-31,34H,10,12H2,1-2H3/t17-/m0/s1. The van der Waals surface area contributed by atoms with Gasteiger partial charge in [-0.1, -0.05) is 26.0 Å². The Balaban J connectivity index is 1.75. The fraction of sp³-hybridized carbons (Fsp3) is 0.214. The molecule has 2 heterocycles. The van der Waals surface area contributed by atoms with Crippen LogP contribution in [-0.2, 0) is 4.79 Å². The molecule has 0 bridgehead atoms. The van der Waals surface area contributed by atoms with Crippen molar-refractivity contribution in [2.75, 3.05) is 6.61 Å². The van der Waals surface area contributed by atoms with Crippen molar-refractivity contribution in [3.05, 3.63) is 69.9 Å². The van der Waals surface area contributed by atoms with E-state index in [1.807, 2.05) is 19.9 Å². The Bertz CT molecular complexity index is 1600. The van der Waals surface area contributed by atoms with Gasteiger partial charge in [0, 0.05) is 23.1 Å². The summed E-state index contributed by atoms with van der Waals surface area (Å²) in [5.74, 6) is -2.70. The molecule has 0 radical (unpaired) electrons. The first-order valence-corrected chi connectivity index (χ1v) is 11.7. The molecule has 37 heavy (non-hydrogen) atoms. The van der Waals surface area contributed by atoms with E-state index in [-0.39, 0.29) is 34.5 Å². The first-order chi connectivity index (χ1) is 17.6. The summed E-state index contributed by atoms with van der Waals surface area (Å²) < 4.78 is 17.3. The number of hydrogen-bond donors (Lipinski definition) is 4. The molecule has 0 saturated heterocycles. The van der Waals surface area contributed by atoms with Gasteiger partial charge >= 0.3 is 5.97 Å². The second-order valence-electron chi connectivity index (χ2n) is 9.33. The monoisotopic (exact) mass is 504 g/mol. The average molecular weight is 504 g/mol. The van der Waals surface area contributed by atoms with Crippen molar-refractivity contribution in [3.8, 4) is 45.8 Å². The summed E-state index contributed by atoms with van der Waals surface area (Å²) >= 11 is 0. The second-order valence-corrected chi connectivity index (χ2v) is 9.33. The first-order valence-electron chi connectivity index (χ1n) is 11.7. The van der Waals surface area contributed by atoms with Crippen LogP contribution in [0.15, 0.2) is 57.7 Å². The highest BCUT2D eigenvalue weighted by Gasteiger charge is 2.34. The van der Waals surface area contributed by atoms with Crippen LogP contribution in [0, 0.1) is 5.92 Å². The van der Waals surface area contributed by atoms with Crippen molar-refractivity contribution >= 4 is 16.9 Å². The Kier molecular flexibility index (Phi) is 5.91. The number of ether oxygens (including phenoxy) is 2. The predicted octanol–water partition coefficient (Wildman–Crippen LogP) is 4.76. The summed E-state index contributed by atoms with van der Waals surface area (Å²) in [4.78, 5) is 25.7. The lowest BCUT2D eigenvalue weighted by Gasteiger charge is -2.26. The van der Waals surface area contributed by atoms with Crippen LogP contribution in [0.3, 0.4) is 0 Å². The van der Waals surface area contributed by atoms with Crippen LogP contribution in [-0.4, -0.2) is 33.0 Å². The summed E-state index contributed by atoms with van der Waals surface area (Å²) in [6.07, 6.45) is -0.0690. The van der Waals surface area contributed by atoms with Gasteiger partial charge in [-0.15, -0.1) is 0 Å². The number of benzene rings is 3.